The zero-order chi connectivity index (χ0) is 50.3. The lowest BCUT2D eigenvalue weighted by molar-refractivity contribution is 0.616. The summed E-state index contributed by atoms with van der Waals surface area (Å²) >= 11 is 0. The molecule has 7 heteroatoms. The first kappa shape index (κ1) is 42.2. The molecule has 0 radical (unpaired) electrons. The van der Waals surface area contributed by atoms with Gasteiger partial charge in [-0.15, -0.1) is 0 Å². The number of hydrogen-bond donors (Lipinski definition) is 0. The molecule has 2 aliphatic heterocycles. The normalized spacial score (nSPS) is 12.9. The second-order valence-electron chi connectivity index (χ2n) is 20.4. The van der Waals surface area contributed by atoms with Gasteiger partial charge >= 0.3 is 0 Å². The maximum absolute atomic E-state index is 6.52. The highest BCUT2D eigenvalue weighted by Gasteiger charge is 2.45. The molecule has 4 aromatic heterocycles. The Morgan fingerprint density at radius 2 is 0.688 bits per heavy atom. The van der Waals surface area contributed by atoms with Crippen LogP contribution in [0.1, 0.15) is 0 Å². The van der Waals surface area contributed by atoms with Crippen LogP contribution in [0.15, 0.2) is 270 Å². The third-order valence-corrected chi connectivity index (χ3v) is 16.4. The van der Waals surface area contributed by atoms with E-state index >= 15 is 0 Å². The van der Waals surface area contributed by atoms with Crippen LogP contribution in [0.25, 0.3) is 99.2 Å². The van der Waals surface area contributed by atoms with Crippen LogP contribution in [0.2, 0.25) is 0 Å². The van der Waals surface area contributed by atoms with Crippen molar-refractivity contribution in [1.29, 1.82) is 0 Å². The molecule has 0 bridgehead atoms. The summed E-state index contributed by atoms with van der Waals surface area (Å²) in [5.41, 5.74) is 22.9. The molecule has 17 rings (SSSR count). The predicted octanol–water partition coefficient (Wildman–Crippen LogP) is 16.8. The molecule has 0 atom stereocenters. The van der Waals surface area contributed by atoms with Gasteiger partial charge in [0, 0.05) is 77.6 Å². The van der Waals surface area contributed by atoms with E-state index in [1.807, 2.05) is 12.5 Å². The van der Waals surface area contributed by atoms with Crippen LogP contribution in [-0.2, 0) is 0 Å². The largest absolute Gasteiger partial charge is 0.464 e. The van der Waals surface area contributed by atoms with E-state index in [0.29, 0.717) is 0 Å². The summed E-state index contributed by atoms with van der Waals surface area (Å²) in [5, 5.41) is 7.02. The maximum atomic E-state index is 6.52. The zero-order valence-corrected chi connectivity index (χ0v) is 41.5. The number of nitrogens with zero attached hydrogens (tertiary/aromatic N) is 4. The molecule has 11 aromatic carbocycles. The van der Waals surface area contributed by atoms with Crippen LogP contribution in [0.4, 0.5) is 34.1 Å². The van der Waals surface area contributed by atoms with Crippen LogP contribution >= 0.6 is 0 Å². The maximum Gasteiger partial charge on any atom is 0.252 e. The minimum atomic E-state index is -0.155. The average molecular weight is 983 g/mol. The molecule has 0 amide bonds. The van der Waals surface area contributed by atoms with Crippen LogP contribution < -0.4 is 26.2 Å². The van der Waals surface area contributed by atoms with Crippen molar-refractivity contribution in [3.63, 3.8) is 0 Å². The highest BCUT2D eigenvalue weighted by molar-refractivity contribution is 7.00. The molecule has 2 aliphatic rings. The van der Waals surface area contributed by atoms with Crippen molar-refractivity contribution in [1.82, 2.24) is 9.13 Å². The molecule has 0 spiro atoms. The molecule has 0 aliphatic carbocycles. The van der Waals surface area contributed by atoms with Gasteiger partial charge in [-0.3, -0.25) is 0 Å². The molecule has 15 aromatic rings. The van der Waals surface area contributed by atoms with Gasteiger partial charge < -0.3 is 27.8 Å². The summed E-state index contributed by atoms with van der Waals surface area (Å²) in [6.07, 6.45) is 3.63. The third kappa shape index (κ3) is 5.96. The SMILES string of the molecule is c1ccc(-c2c(N3c4cc(-n5c6ccccc6c6ccccc65)ccc4B4c5ccc(-n6c7ccccc7c7ccccc76)cc5N(c5ccc6ccoc6c5-c5ccccc5)c5cccc3c54)ccc3ccoc23)cc1. The fraction of sp³-hybridized carbons (Fsp3) is 0. The van der Waals surface area contributed by atoms with Crippen molar-refractivity contribution in [2.45, 2.75) is 0 Å². The fourth-order valence-corrected chi connectivity index (χ4v) is 13.3. The molecule has 6 nitrogen and oxygen atoms in total. The number of rotatable bonds is 6. The standard InChI is InChI=1S/C70H43BN4O2/c1-3-16-44(17-4-1)66-60(36-30-46-38-40-76-69(46)66)74-62-28-15-29-63-68(62)71(54-34-32-48(42-64(54)74)72-56-24-11-7-20-50(56)51-21-8-12-25-57(51)72)55-35-33-49(73-58-26-13-9-22-52(58)53-23-10-14-27-59(53)73)43-65(55)75(63)61-37-31-47-39-41-77-70(47)67(61)45-18-5-2-6-19-45/h1-43H. The van der Waals surface area contributed by atoms with E-state index in [2.05, 4.69) is 268 Å². The topological polar surface area (TPSA) is 42.6 Å². The van der Waals surface area contributed by atoms with E-state index in [0.717, 1.165) is 89.7 Å². The van der Waals surface area contributed by atoms with Gasteiger partial charge in [-0.1, -0.05) is 152 Å². The van der Waals surface area contributed by atoms with Crippen molar-refractivity contribution in [2.24, 2.45) is 0 Å². The van der Waals surface area contributed by atoms with Crippen LogP contribution in [-0.4, -0.2) is 15.8 Å². The molecule has 0 unspecified atom stereocenters. The van der Waals surface area contributed by atoms with E-state index in [1.165, 1.54) is 60.0 Å². The second-order valence-corrected chi connectivity index (χ2v) is 20.4. The molecule has 0 fully saturated rings. The van der Waals surface area contributed by atoms with Gasteiger partial charge in [0.1, 0.15) is 11.2 Å². The van der Waals surface area contributed by atoms with E-state index in [-0.39, 0.29) is 6.71 Å². The summed E-state index contributed by atoms with van der Waals surface area (Å²) in [6, 6.07) is 91.0. The summed E-state index contributed by atoms with van der Waals surface area (Å²) < 4.78 is 17.9. The van der Waals surface area contributed by atoms with E-state index in [1.54, 1.807) is 0 Å². The number of fused-ring (bicyclic) bond motifs is 12. The van der Waals surface area contributed by atoms with Gasteiger partial charge in [0.15, 0.2) is 0 Å². The first-order valence-corrected chi connectivity index (χ1v) is 26.3. The summed E-state index contributed by atoms with van der Waals surface area (Å²) in [5.74, 6) is 0. The van der Waals surface area contributed by atoms with Crippen LogP contribution in [0.3, 0.4) is 0 Å². The number of furan rings is 2. The quantitative estimate of drug-likeness (QED) is 0.156. The number of benzene rings is 11. The minimum absolute atomic E-state index is 0.155. The second kappa shape index (κ2) is 16.1. The monoisotopic (exact) mass is 982 g/mol. The van der Waals surface area contributed by atoms with Crippen molar-refractivity contribution in [2.75, 3.05) is 9.80 Å². The van der Waals surface area contributed by atoms with Gasteiger partial charge in [-0.25, -0.2) is 0 Å². The number of hydrogen-bond acceptors (Lipinski definition) is 4. The highest BCUT2D eigenvalue weighted by atomic mass is 16.3. The molecule has 358 valence electrons. The minimum Gasteiger partial charge on any atom is -0.464 e. The molecule has 6 heterocycles. The third-order valence-electron chi connectivity index (χ3n) is 16.4. The number of anilines is 6. The van der Waals surface area contributed by atoms with Gasteiger partial charge in [0.05, 0.1) is 46.0 Å². The van der Waals surface area contributed by atoms with Gasteiger partial charge in [0.25, 0.3) is 6.71 Å². The first-order chi connectivity index (χ1) is 38.2. The van der Waals surface area contributed by atoms with Crippen molar-refractivity contribution in [3.8, 4) is 33.6 Å². The highest BCUT2D eigenvalue weighted by Crippen LogP contribution is 2.51. The average Bonchev–Trinajstić information content (AvgIpc) is 4.35. The molecular weight excluding hydrogens is 940 g/mol. The van der Waals surface area contributed by atoms with E-state index < -0.39 is 0 Å². The van der Waals surface area contributed by atoms with Crippen molar-refractivity contribution >= 4 is 123 Å². The Kier molecular flexibility index (Phi) is 8.83. The van der Waals surface area contributed by atoms with Crippen molar-refractivity contribution < 1.29 is 8.83 Å². The summed E-state index contributed by atoms with van der Waals surface area (Å²) in [6.45, 7) is -0.155. The summed E-state index contributed by atoms with van der Waals surface area (Å²) in [7, 11) is 0. The Morgan fingerprint density at radius 3 is 1.10 bits per heavy atom. The molecule has 0 N–H and O–H groups in total. The first-order valence-electron chi connectivity index (χ1n) is 26.3. The van der Waals surface area contributed by atoms with Gasteiger partial charge in [0.2, 0.25) is 0 Å². The number of aromatic nitrogens is 2. The molecule has 77 heavy (non-hydrogen) atoms. The lowest BCUT2D eigenvalue weighted by Gasteiger charge is -2.45. The lowest BCUT2D eigenvalue weighted by Crippen LogP contribution is -2.61. The fourth-order valence-electron chi connectivity index (χ4n) is 13.3. The lowest BCUT2D eigenvalue weighted by atomic mass is 9.33. The predicted molar refractivity (Wildman–Crippen MR) is 320 cm³/mol. The van der Waals surface area contributed by atoms with Gasteiger partial charge in [-0.05, 0) is 125 Å². The summed E-state index contributed by atoms with van der Waals surface area (Å²) in [4.78, 5) is 5.05. The smallest absolute Gasteiger partial charge is 0.252 e. The van der Waals surface area contributed by atoms with E-state index in [9.17, 15) is 0 Å². The Hall–Kier alpha value is -10.2. The number of para-hydroxylation sites is 4. The van der Waals surface area contributed by atoms with Gasteiger partial charge in [-0.2, -0.15) is 0 Å². The van der Waals surface area contributed by atoms with Crippen LogP contribution in [0, 0.1) is 0 Å². The molecule has 0 saturated heterocycles. The zero-order valence-electron chi connectivity index (χ0n) is 41.5. The molecular formula is C70H43BN4O2. The Bertz CT molecular complexity index is 4500. The van der Waals surface area contributed by atoms with Crippen molar-refractivity contribution in [3.05, 3.63) is 261 Å². The Balaban J connectivity index is 0.995. The van der Waals surface area contributed by atoms with Crippen LogP contribution in [0.5, 0.6) is 0 Å². The Morgan fingerprint density at radius 1 is 0.299 bits per heavy atom. The van der Waals surface area contributed by atoms with E-state index in [4.69, 9.17) is 8.83 Å². The molecule has 0 saturated carbocycles. The Labute approximate surface area is 443 Å².